The van der Waals surface area contributed by atoms with E-state index in [1.54, 1.807) is 10.9 Å². The summed E-state index contributed by atoms with van der Waals surface area (Å²) < 4.78 is 1.72. The van der Waals surface area contributed by atoms with Gasteiger partial charge < -0.3 is 0 Å². The second-order valence-electron chi connectivity index (χ2n) is 5.95. The van der Waals surface area contributed by atoms with Gasteiger partial charge >= 0.3 is 0 Å². The summed E-state index contributed by atoms with van der Waals surface area (Å²) in [5.41, 5.74) is 5.23. The average molecular weight is 343 g/mol. The van der Waals surface area contributed by atoms with Gasteiger partial charge in [-0.05, 0) is 34.5 Å². The first-order valence-corrected chi connectivity index (χ1v) is 8.38. The minimum Gasteiger partial charge on any atom is -0.273 e. The van der Waals surface area contributed by atoms with E-state index in [-0.39, 0.29) is 12.3 Å². The van der Waals surface area contributed by atoms with Gasteiger partial charge in [-0.15, -0.1) is 5.10 Å². The van der Waals surface area contributed by atoms with Crippen molar-refractivity contribution in [2.24, 2.45) is 5.10 Å². The van der Waals surface area contributed by atoms with Crippen LogP contribution in [0.3, 0.4) is 0 Å². The van der Waals surface area contributed by atoms with Gasteiger partial charge in [-0.3, -0.25) is 4.79 Å². The van der Waals surface area contributed by atoms with Crippen molar-refractivity contribution < 1.29 is 4.79 Å². The summed E-state index contributed by atoms with van der Waals surface area (Å²) in [6.45, 7) is 0.456. The van der Waals surface area contributed by atoms with Crippen LogP contribution in [0.15, 0.2) is 71.8 Å². The van der Waals surface area contributed by atoms with E-state index in [2.05, 4.69) is 26.9 Å². The van der Waals surface area contributed by atoms with E-state index in [4.69, 9.17) is 0 Å². The van der Waals surface area contributed by atoms with Crippen molar-refractivity contribution >= 4 is 33.9 Å². The Morgan fingerprint density at radius 3 is 2.77 bits per heavy atom. The SMILES string of the molecule is O=C(CCn1nnc2ccccc21)NN=Cc1ccc2ccccc2c1. The Bertz CT molecular complexity index is 1100. The fraction of sp³-hybridized carbons (Fsp3) is 0.100. The van der Waals surface area contributed by atoms with Crippen LogP contribution in [0, 0.1) is 0 Å². The third kappa shape index (κ3) is 3.44. The summed E-state index contributed by atoms with van der Waals surface area (Å²) in [6.07, 6.45) is 1.93. The normalized spacial score (nSPS) is 11.4. The topological polar surface area (TPSA) is 72.2 Å². The molecule has 0 aliphatic heterocycles. The Labute approximate surface area is 150 Å². The third-order valence-electron chi connectivity index (χ3n) is 4.15. The van der Waals surface area contributed by atoms with Crippen molar-refractivity contribution in [3.05, 3.63) is 72.3 Å². The van der Waals surface area contributed by atoms with Crippen molar-refractivity contribution in [2.75, 3.05) is 0 Å². The molecule has 0 aliphatic carbocycles. The predicted octanol–water partition coefficient (Wildman–Crippen LogP) is 3.12. The number of fused-ring (bicyclic) bond motifs is 2. The molecule has 1 amide bonds. The minimum absolute atomic E-state index is 0.165. The van der Waals surface area contributed by atoms with Crippen molar-refractivity contribution in [2.45, 2.75) is 13.0 Å². The highest BCUT2D eigenvalue weighted by Crippen LogP contribution is 2.14. The van der Waals surface area contributed by atoms with Crippen molar-refractivity contribution in [1.82, 2.24) is 20.4 Å². The Balaban J connectivity index is 1.35. The Morgan fingerprint density at radius 1 is 1.04 bits per heavy atom. The molecule has 4 rings (SSSR count). The lowest BCUT2D eigenvalue weighted by atomic mass is 10.1. The van der Waals surface area contributed by atoms with Crippen molar-refractivity contribution in [1.29, 1.82) is 0 Å². The number of hydrogen-bond donors (Lipinski definition) is 1. The third-order valence-corrected chi connectivity index (χ3v) is 4.15. The van der Waals surface area contributed by atoms with Gasteiger partial charge in [-0.25, -0.2) is 10.1 Å². The van der Waals surface area contributed by atoms with Crippen LogP contribution < -0.4 is 5.43 Å². The largest absolute Gasteiger partial charge is 0.273 e. The maximum absolute atomic E-state index is 12.0. The quantitative estimate of drug-likeness (QED) is 0.447. The summed E-state index contributed by atoms with van der Waals surface area (Å²) in [5, 5.41) is 14.5. The molecule has 6 nitrogen and oxygen atoms in total. The molecule has 0 radical (unpaired) electrons. The summed E-state index contributed by atoms with van der Waals surface area (Å²) in [7, 11) is 0. The molecule has 6 heteroatoms. The van der Waals surface area contributed by atoms with E-state index < -0.39 is 0 Å². The Hall–Kier alpha value is -3.54. The highest BCUT2D eigenvalue weighted by molar-refractivity contribution is 5.90. The molecular weight excluding hydrogens is 326 g/mol. The van der Waals surface area contributed by atoms with Crippen LogP contribution in [0.25, 0.3) is 21.8 Å². The number of carbonyl (C=O) groups is 1. The number of nitrogens with zero attached hydrogens (tertiary/aromatic N) is 4. The molecule has 0 aliphatic rings. The van der Waals surface area contributed by atoms with Crippen LogP contribution in [0.2, 0.25) is 0 Å². The predicted molar refractivity (Wildman–Crippen MR) is 102 cm³/mol. The average Bonchev–Trinajstić information content (AvgIpc) is 3.09. The minimum atomic E-state index is -0.165. The monoisotopic (exact) mass is 343 g/mol. The van der Waals surface area contributed by atoms with Crippen LogP contribution in [0.4, 0.5) is 0 Å². The van der Waals surface area contributed by atoms with Gasteiger partial charge in [0.25, 0.3) is 0 Å². The zero-order valence-electron chi connectivity index (χ0n) is 14.0. The molecule has 1 N–H and O–H groups in total. The van der Waals surface area contributed by atoms with E-state index in [0.717, 1.165) is 22.0 Å². The van der Waals surface area contributed by atoms with Gasteiger partial charge in [-0.1, -0.05) is 53.7 Å². The Morgan fingerprint density at radius 2 is 1.85 bits per heavy atom. The van der Waals surface area contributed by atoms with Crippen LogP contribution in [-0.4, -0.2) is 27.1 Å². The summed E-state index contributed by atoms with van der Waals surface area (Å²) >= 11 is 0. The fourth-order valence-electron chi connectivity index (χ4n) is 2.81. The molecule has 0 fully saturated rings. The maximum atomic E-state index is 12.0. The summed E-state index contributed by atoms with van der Waals surface area (Å²) in [6, 6.07) is 21.8. The van der Waals surface area contributed by atoms with E-state index in [1.807, 2.05) is 60.7 Å². The van der Waals surface area contributed by atoms with Gasteiger partial charge in [0, 0.05) is 6.42 Å². The number of rotatable bonds is 5. The zero-order chi connectivity index (χ0) is 17.8. The zero-order valence-corrected chi connectivity index (χ0v) is 14.0. The summed E-state index contributed by atoms with van der Waals surface area (Å²) in [5.74, 6) is -0.165. The highest BCUT2D eigenvalue weighted by atomic mass is 16.2. The van der Waals surface area contributed by atoms with E-state index in [9.17, 15) is 4.79 Å². The molecule has 0 saturated carbocycles. The van der Waals surface area contributed by atoms with Crippen molar-refractivity contribution in [3.8, 4) is 0 Å². The highest BCUT2D eigenvalue weighted by Gasteiger charge is 2.06. The van der Waals surface area contributed by atoms with E-state index in [1.165, 1.54) is 5.39 Å². The Kier molecular flexibility index (Phi) is 4.38. The lowest BCUT2D eigenvalue weighted by molar-refractivity contribution is -0.121. The molecule has 1 heterocycles. The van der Waals surface area contributed by atoms with Crippen molar-refractivity contribution in [3.63, 3.8) is 0 Å². The first kappa shape index (κ1) is 16.0. The maximum Gasteiger partial charge on any atom is 0.241 e. The first-order valence-electron chi connectivity index (χ1n) is 8.38. The van der Waals surface area contributed by atoms with E-state index >= 15 is 0 Å². The number of hydrazone groups is 1. The number of hydrogen-bond acceptors (Lipinski definition) is 4. The molecule has 0 spiro atoms. The number of amides is 1. The number of aryl methyl sites for hydroxylation is 1. The number of benzene rings is 3. The van der Waals surface area contributed by atoms with E-state index in [0.29, 0.717) is 6.54 Å². The number of carbonyl (C=O) groups excluding carboxylic acids is 1. The first-order chi connectivity index (χ1) is 12.8. The molecule has 3 aromatic carbocycles. The lowest BCUT2D eigenvalue weighted by Gasteiger charge is -2.02. The summed E-state index contributed by atoms with van der Waals surface area (Å²) in [4.78, 5) is 12.0. The second kappa shape index (κ2) is 7.14. The molecular formula is C20H17N5O. The van der Waals surface area contributed by atoms with Gasteiger partial charge in [0.1, 0.15) is 5.52 Å². The van der Waals surface area contributed by atoms with Gasteiger partial charge in [-0.2, -0.15) is 5.10 Å². The smallest absolute Gasteiger partial charge is 0.241 e. The molecule has 4 aromatic rings. The van der Waals surface area contributed by atoms with Crippen LogP contribution in [-0.2, 0) is 11.3 Å². The number of nitrogens with one attached hydrogen (secondary N) is 1. The second-order valence-corrected chi connectivity index (χ2v) is 5.95. The van der Waals surface area contributed by atoms with Crippen LogP contribution in [0.5, 0.6) is 0 Å². The molecule has 128 valence electrons. The molecule has 0 saturated heterocycles. The molecule has 26 heavy (non-hydrogen) atoms. The van der Waals surface area contributed by atoms with Crippen LogP contribution in [0.1, 0.15) is 12.0 Å². The lowest BCUT2D eigenvalue weighted by Crippen LogP contribution is -2.19. The molecule has 0 bridgehead atoms. The number of para-hydroxylation sites is 1. The fourth-order valence-corrected chi connectivity index (χ4v) is 2.81. The standard InChI is InChI=1S/C20H17N5O/c26-20(11-12-25-19-8-4-3-7-18(19)22-24-25)23-21-14-15-9-10-16-5-1-2-6-17(16)13-15/h1-10,13-14H,11-12H2,(H,23,26). The number of aromatic nitrogens is 3. The van der Waals surface area contributed by atoms with Gasteiger partial charge in [0.15, 0.2) is 0 Å². The molecule has 0 atom stereocenters. The van der Waals surface area contributed by atoms with Crippen LogP contribution >= 0.6 is 0 Å². The van der Waals surface area contributed by atoms with Gasteiger partial charge in [0.05, 0.1) is 18.3 Å². The van der Waals surface area contributed by atoms with Gasteiger partial charge in [0.2, 0.25) is 5.91 Å². The molecule has 1 aromatic heterocycles. The molecule has 0 unspecified atom stereocenters.